The minimum atomic E-state index is -0.362. The smallest absolute Gasteiger partial charge is 0.255 e. The van der Waals surface area contributed by atoms with Crippen molar-refractivity contribution in [1.82, 2.24) is 9.78 Å². The van der Waals surface area contributed by atoms with Crippen molar-refractivity contribution in [1.29, 1.82) is 0 Å². The third kappa shape index (κ3) is 3.28. The Bertz CT molecular complexity index is 618. The van der Waals surface area contributed by atoms with Gasteiger partial charge in [0.15, 0.2) is 0 Å². The number of anilines is 1. The van der Waals surface area contributed by atoms with E-state index >= 15 is 0 Å². The van der Waals surface area contributed by atoms with Crippen LogP contribution in [0.2, 0.25) is 0 Å². The Labute approximate surface area is 121 Å². The number of carbonyl (C=O) groups excluding carboxylic acids is 1. The third-order valence-corrected chi connectivity index (χ3v) is 3.53. The highest BCUT2D eigenvalue weighted by Crippen LogP contribution is 2.21. The molecule has 0 unspecified atom stereocenters. The summed E-state index contributed by atoms with van der Waals surface area (Å²) in [6, 6.07) is 5.75. The summed E-state index contributed by atoms with van der Waals surface area (Å²) in [7, 11) is 0. The zero-order chi connectivity index (χ0) is 14.7. The van der Waals surface area contributed by atoms with Gasteiger partial charge in [-0.15, -0.1) is 0 Å². The van der Waals surface area contributed by atoms with E-state index in [-0.39, 0.29) is 11.7 Å². The molecular formula is C15H16FN3O2. The van der Waals surface area contributed by atoms with Crippen molar-refractivity contribution in [3.05, 3.63) is 48.0 Å². The van der Waals surface area contributed by atoms with Crippen molar-refractivity contribution in [2.24, 2.45) is 0 Å². The Balaban J connectivity index is 1.66. The van der Waals surface area contributed by atoms with Gasteiger partial charge in [0.1, 0.15) is 5.82 Å². The first kappa shape index (κ1) is 13.8. The maximum Gasteiger partial charge on any atom is 0.255 e. The normalized spacial score (nSPS) is 15.9. The summed E-state index contributed by atoms with van der Waals surface area (Å²) in [5.41, 5.74) is 1.05. The highest BCUT2D eigenvalue weighted by atomic mass is 19.1. The van der Waals surface area contributed by atoms with Crippen molar-refractivity contribution >= 4 is 11.6 Å². The molecule has 0 bridgehead atoms. The zero-order valence-corrected chi connectivity index (χ0v) is 11.5. The standard InChI is InChI=1S/C15H16FN3O2/c16-12-3-1-11(2-4-12)15(20)18-13-9-17-19(10-13)14-5-7-21-8-6-14/h1-4,9-10,14H,5-8H2,(H,18,20). The number of benzene rings is 1. The number of hydrogen-bond acceptors (Lipinski definition) is 3. The highest BCUT2D eigenvalue weighted by molar-refractivity contribution is 6.04. The Morgan fingerprint density at radius 3 is 2.71 bits per heavy atom. The molecule has 3 rings (SSSR count). The molecule has 0 aliphatic carbocycles. The topological polar surface area (TPSA) is 56.2 Å². The average Bonchev–Trinajstić information content (AvgIpc) is 2.97. The average molecular weight is 289 g/mol. The van der Waals surface area contributed by atoms with Crippen molar-refractivity contribution in [3.8, 4) is 0 Å². The second kappa shape index (κ2) is 6.05. The van der Waals surface area contributed by atoms with Crippen LogP contribution in [0, 0.1) is 5.82 Å². The number of carbonyl (C=O) groups is 1. The summed E-state index contributed by atoms with van der Waals surface area (Å²) in [5.74, 6) is -0.639. The first-order valence-electron chi connectivity index (χ1n) is 6.91. The van der Waals surface area contributed by atoms with E-state index in [0.717, 1.165) is 26.1 Å². The van der Waals surface area contributed by atoms with Crippen LogP contribution in [0.4, 0.5) is 10.1 Å². The predicted molar refractivity (Wildman–Crippen MR) is 75.7 cm³/mol. The number of amides is 1. The number of aromatic nitrogens is 2. The first-order valence-corrected chi connectivity index (χ1v) is 6.91. The summed E-state index contributed by atoms with van der Waals surface area (Å²) in [4.78, 5) is 12.0. The van der Waals surface area contributed by atoms with E-state index in [1.54, 1.807) is 6.20 Å². The Morgan fingerprint density at radius 1 is 1.29 bits per heavy atom. The lowest BCUT2D eigenvalue weighted by atomic mass is 10.1. The molecule has 6 heteroatoms. The molecule has 1 aliphatic heterocycles. The minimum Gasteiger partial charge on any atom is -0.381 e. The van der Waals surface area contributed by atoms with E-state index < -0.39 is 0 Å². The summed E-state index contributed by atoms with van der Waals surface area (Å²) in [6.45, 7) is 1.48. The Morgan fingerprint density at radius 2 is 2.00 bits per heavy atom. The van der Waals surface area contributed by atoms with Gasteiger partial charge in [0.05, 0.1) is 17.9 Å². The molecule has 0 atom stereocenters. The van der Waals surface area contributed by atoms with Crippen LogP contribution in [0.25, 0.3) is 0 Å². The molecule has 0 spiro atoms. The monoisotopic (exact) mass is 289 g/mol. The van der Waals surface area contributed by atoms with Crippen molar-refractivity contribution < 1.29 is 13.9 Å². The molecule has 1 fully saturated rings. The number of ether oxygens (including phenoxy) is 1. The molecule has 5 nitrogen and oxygen atoms in total. The number of halogens is 1. The number of nitrogens with zero attached hydrogens (tertiary/aromatic N) is 2. The Hall–Kier alpha value is -2.21. The molecule has 110 valence electrons. The van der Waals surface area contributed by atoms with E-state index in [1.807, 2.05) is 10.9 Å². The van der Waals surface area contributed by atoms with E-state index in [4.69, 9.17) is 4.74 Å². The van der Waals surface area contributed by atoms with Crippen LogP contribution in [0.1, 0.15) is 29.2 Å². The molecule has 1 aromatic heterocycles. The van der Waals surface area contributed by atoms with Gasteiger partial charge >= 0.3 is 0 Å². The van der Waals surface area contributed by atoms with Crippen LogP contribution >= 0.6 is 0 Å². The zero-order valence-electron chi connectivity index (χ0n) is 11.5. The van der Waals surface area contributed by atoms with Crippen LogP contribution < -0.4 is 5.32 Å². The molecule has 1 saturated heterocycles. The number of hydrogen-bond donors (Lipinski definition) is 1. The van der Waals surface area contributed by atoms with Gasteiger partial charge in [-0.25, -0.2) is 4.39 Å². The van der Waals surface area contributed by atoms with Crippen LogP contribution in [-0.2, 0) is 4.74 Å². The SMILES string of the molecule is O=C(Nc1cnn(C2CCOCC2)c1)c1ccc(F)cc1. The van der Waals surface area contributed by atoms with Crippen molar-refractivity contribution in [3.63, 3.8) is 0 Å². The van der Waals surface area contributed by atoms with Crippen LogP contribution in [0.3, 0.4) is 0 Å². The molecule has 1 aromatic carbocycles. The van der Waals surface area contributed by atoms with Gasteiger partial charge in [-0.05, 0) is 37.1 Å². The summed E-state index contributed by atoms with van der Waals surface area (Å²) >= 11 is 0. The van der Waals surface area contributed by atoms with Gasteiger partial charge in [0.25, 0.3) is 5.91 Å². The molecule has 2 aromatic rings. The fraction of sp³-hybridized carbons (Fsp3) is 0.333. The van der Waals surface area contributed by atoms with Crippen molar-refractivity contribution in [2.45, 2.75) is 18.9 Å². The molecule has 0 saturated carbocycles. The largest absolute Gasteiger partial charge is 0.381 e. The molecule has 1 aliphatic rings. The quantitative estimate of drug-likeness (QED) is 0.945. The summed E-state index contributed by atoms with van der Waals surface area (Å²) < 4.78 is 20.0. The first-order chi connectivity index (χ1) is 10.2. The highest BCUT2D eigenvalue weighted by Gasteiger charge is 2.17. The fourth-order valence-electron chi connectivity index (χ4n) is 2.36. The van der Waals surface area contributed by atoms with Gasteiger partial charge in [-0.1, -0.05) is 0 Å². The second-order valence-corrected chi connectivity index (χ2v) is 5.01. The predicted octanol–water partition coefficient (Wildman–Crippen LogP) is 2.63. The molecule has 21 heavy (non-hydrogen) atoms. The van der Waals surface area contributed by atoms with Gasteiger partial charge < -0.3 is 10.1 Å². The van der Waals surface area contributed by atoms with E-state index in [1.165, 1.54) is 24.3 Å². The van der Waals surface area contributed by atoms with E-state index in [0.29, 0.717) is 17.3 Å². The van der Waals surface area contributed by atoms with Gasteiger partial charge in [0, 0.05) is 25.0 Å². The Kier molecular flexibility index (Phi) is 3.96. The fourth-order valence-corrected chi connectivity index (χ4v) is 2.36. The van der Waals surface area contributed by atoms with Gasteiger partial charge in [-0.3, -0.25) is 9.48 Å². The van der Waals surface area contributed by atoms with E-state index in [2.05, 4.69) is 10.4 Å². The summed E-state index contributed by atoms with van der Waals surface area (Å²) in [6.07, 6.45) is 5.29. The third-order valence-electron chi connectivity index (χ3n) is 3.53. The number of nitrogens with one attached hydrogen (secondary N) is 1. The number of rotatable bonds is 3. The lowest BCUT2D eigenvalue weighted by molar-refractivity contribution is 0.0662. The van der Waals surface area contributed by atoms with Gasteiger partial charge in [-0.2, -0.15) is 5.10 Å². The van der Waals surface area contributed by atoms with Crippen LogP contribution in [-0.4, -0.2) is 28.9 Å². The maximum atomic E-state index is 12.8. The lowest BCUT2D eigenvalue weighted by Gasteiger charge is -2.22. The molecule has 1 N–H and O–H groups in total. The molecule has 2 heterocycles. The minimum absolute atomic E-state index is 0.276. The maximum absolute atomic E-state index is 12.8. The van der Waals surface area contributed by atoms with Gasteiger partial charge in [0.2, 0.25) is 0 Å². The van der Waals surface area contributed by atoms with Crippen molar-refractivity contribution in [2.75, 3.05) is 18.5 Å². The molecule has 0 radical (unpaired) electrons. The summed E-state index contributed by atoms with van der Waals surface area (Å²) in [5, 5.41) is 7.05. The second-order valence-electron chi connectivity index (χ2n) is 5.01. The molecular weight excluding hydrogens is 273 g/mol. The molecule has 1 amide bonds. The van der Waals surface area contributed by atoms with Crippen LogP contribution in [0.5, 0.6) is 0 Å². The lowest BCUT2D eigenvalue weighted by Crippen LogP contribution is -2.19. The van der Waals surface area contributed by atoms with E-state index in [9.17, 15) is 9.18 Å². The van der Waals surface area contributed by atoms with Crippen LogP contribution in [0.15, 0.2) is 36.7 Å².